The van der Waals surface area contributed by atoms with Gasteiger partial charge in [-0.2, -0.15) is 0 Å². The summed E-state index contributed by atoms with van der Waals surface area (Å²) in [6.07, 6.45) is 5.27. The van der Waals surface area contributed by atoms with Crippen LogP contribution < -0.4 is 10.1 Å². The summed E-state index contributed by atoms with van der Waals surface area (Å²) in [5, 5.41) is 11.4. The summed E-state index contributed by atoms with van der Waals surface area (Å²) >= 11 is 0. The molecule has 0 spiro atoms. The number of aromatic nitrogens is 5. The second-order valence-corrected chi connectivity index (χ2v) is 4.28. The molecule has 102 valence electrons. The van der Waals surface area contributed by atoms with E-state index in [1.807, 2.05) is 29.7 Å². The smallest absolute Gasteiger partial charge is 0.213 e. The number of rotatable bonds is 4. The van der Waals surface area contributed by atoms with E-state index in [0.29, 0.717) is 23.9 Å². The maximum Gasteiger partial charge on any atom is 0.213 e. The number of fused-ring (bicyclic) bond motifs is 1. The van der Waals surface area contributed by atoms with Gasteiger partial charge in [0.15, 0.2) is 5.82 Å². The molecule has 0 radical (unpaired) electrons. The summed E-state index contributed by atoms with van der Waals surface area (Å²) in [6.45, 7) is 2.51. The third-order valence-corrected chi connectivity index (χ3v) is 2.97. The van der Waals surface area contributed by atoms with Gasteiger partial charge in [0.05, 0.1) is 7.11 Å². The average molecular weight is 270 g/mol. The average Bonchev–Trinajstić information content (AvgIpc) is 2.88. The highest BCUT2D eigenvalue weighted by Gasteiger charge is 2.07. The highest BCUT2D eigenvalue weighted by Crippen LogP contribution is 2.14. The number of nitrogens with one attached hydrogen (secondary N) is 1. The Morgan fingerprint density at radius 3 is 3.00 bits per heavy atom. The van der Waals surface area contributed by atoms with Crippen molar-refractivity contribution in [2.45, 2.75) is 13.5 Å². The molecule has 3 heterocycles. The maximum atomic E-state index is 5.10. The molecule has 0 aliphatic carbocycles. The Balaban J connectivity index is 1.83. The number of methoxy groups -OCH3 is 1. The number of nitrogens with zero attached hydrogens (tertiary/aromatic N) is 5. The Kier molecular flexibility index (Phi) is 3.16. The fraction of sp³-hybridized carbons (Fsp3) is 0.231. The SMILES string of the molecule is COc1cc(CNc2nccn3c(C)nnc23)ccn1. The fourth-order valence-corrected chi connectivity index (χ4v) is 1.92. The molecule has 0 aromatic carbocycles. The van der Waals surface area contributed by atoms with Crippen LogP contribution in [0.1, 0.15) is 11.4 Å². The maximum absolute atomic E-state index is 5.10. The van der Waals surface area contributed by atoms with E-state index in [9.17, 15) is 0 Å². The minimum Gasteiger partial charge on any atom is -0.481 e. The van der Waals surface area contributed by atoms with Gasteiger partial charge in [-0.15, -0.1) is 10.2 Å². The molecule has 0 amide bonds. The van der Waals surface area contributed by atoms with Crippen molar-refractivity contribution in [2.75, 3.05) is 12.4 Å². The van der Waals surface area contributed by atoms with Crippen molar-refractivity contribution in [3.8, 4) is 5.88 Å². The molecule has 7 heteroatoms. The Labute approximate surface area is 115 Å². The molecular formula is C13H14N6O. The van der Waals surface area contributed by atoms with E-state index in [1.54, 1.807) is 19.5 Å². The van der Waals surface area contributed by atoms with E-state index in [1.165, 1.54) is 0 Å². The monoisotopic (exact) mass is 270 g/mol. The second kappa shape index (κ2) is 5.12. The van der Waals surface area contributed by atoms with Gasteiger partial charge in [0.1, 0.15) is 5.82 Å². The molecule has 0 bridgehead atoms. The molecular weight excluding hydrogens is 256 g/mol. The van der Waals surface area contributed by atoms with Gasteiger partial charge < -0.3 is 10.1 Å². The molecule has 0 aliphatic heterocycles. The zero-order valence-electron chi connectivity index (χ0n) is 11.2. The molecule has 20 heavy (non-hydrogen) atoms. The van der Waals surface area contributed by atoms with Crippen molar-refractivity contribution >= 4 is 11.5 Å². The molecule has 0 unspecified atom stereocenters. The summed E-state index contributed by atoms with van der Waals surface area (Å²) < 4.78 is 6.99. The summed E-state index contributed by atoms with van der Waals surface area (Å²) in [4.78, 5) is 8.37. The molecule has 3 aromatic rings. The van der Waals surface area contributed by atoms with Crippen molar-refractivity contribution in [1.82, 2.24) is 24.6 Å². The zero-order chi connectivity index (χ0) is 13.9. The molecule has 7 nitrogen and oxygen atoms in total. The van der Waals surface area contributed by atoms with Crippen LogP contribution >= 0.6 is 0 Å². The van der Waals surface area contributed by atoms with Crippen molar-refractivity contribution in [3.63, 3.8) is 0 Å². The second-order valence-electron chi connectivity index (χ2n) is 4.28. The topological polar surface area (TPSA) is 77.2 Å². The van der Waals surface area contributed by atoms with E-state index < -0.39 is 0 Å². The first-order valence-electron chi connectivity index (χ1n) is 6.17. The Bertz CT molecular complexity index is 739. The van der Waals surface area contributed by atoms with E-state index in [4.69, 9.17) is 4.74 Å². The van der Waals surface area contributed by atoms with Gasteiger partial charge in [-0.3, -0.25) is 4.40 Å². The van der Waals surface area contributed by atoms with Crippen LogP contribution in [0.4, 0.5) is 5.82 Å². The zero-order valence-corrected chi connectivity index (χ0v) is 11.2. The van der Waals surface area contributed by atoms with Gasteiger partial charge in [0.25, 0.3) is 0 Å². The first-order chi connectivity index (χ1) is 9.78. The Morgan fingerprint density at radius 2 is 2.15 bits per heavy atom. The molecule has 0 aliphatic rings. The van der Waals surface area contributed by atoms with Crippen LogP contribution in [0.5, 0.6) is 5.88 Å². The van der Waals surface area contributed by atoms with Crippen molar-refractivity contribution in [2.24, 2.45) is 0 Å². The van der Waals surface area contributed by atoms with Crippen LogP contribution in [0, 0.1) is 6.92 Å². The quantitative estimate of drug-likeness (QED) is 0.773. The van der Waals surface area contributed by atoms with Crippen LogP contribution in [-0.4, -0.2) is 31.7 Å². The van der Waals surface area contributed by atoms with Crippen molar-refractivity contribution in [3.05, 3.63) is 42.1 Å². The van der Waals surface area contributed by atoms with Gasteiger partial charge >= 0.3 is 0 Å². The fourth-order valence-electron chi connectivity index (χ4n) is 1.92. The minimum absolute atomic E-state index is 0.591. The molecule has 3 rings (SSSR count). The number of ether oxygens (including phenoxy) is 1. The van der Waals surface area contributed by atoms with Gasteiger partial charge in [-0.25, -0.2) is 9.97 Å². The lowest BCUT2D eigenvalue weighted by atomic mass is 10.2. The van der Waals surface area contributed by atoms with Gasteiger partial charge in [-0.05, 0) is 18.6 Å². The third-order valence-electron chi connectivity index (χ3n) is 2.97. The molecule has 3 aromatic heterocycles. The number of anilines is 1. The predicted octanol–water partition coefficient (Wildman–Crippen LogP) is 1.45. The van der Waals surface area contributed by atoms with Crippen LogP contribution in [0.2, 0.25) is 0 Å². The van der Waals surface area contributed by atoms with Crippen LogP contribution in [0.3, 0.4) is 0 Å². The normalized spacial score (nSPS) is 10.7. The molecule has 0 atom stereocenters. The molecule has 0 saturated carbocycles. The van der Waals surface area contributed by atoms with Crippen molar-refractivity contribution in [1.29, 1.82) is 0 Å². The summed E-state index contributed by atoms with van der Waals surface area (Å²) in [5.74, 6) is 2.12. The minimum atomic E-state index is 0.591. The van der Waals surface area contributed by atoms with Gasteiger partial charge in [-0.1, -0.05) is 0 Å². The Morgan fingerprint density at radius 1 is 1.25 bits per heavy atom. The van der Waals surface area contributed by atoms with E-state index in [0.717, 1.165) is 11.4 Å². The largest absolute Gasteiger partial charge is 0.481 e. The van der Waals surface area contributed by atoms with Crippen LogP contribution in [0.15, 0.2) is 30.7 Å². The van der Waals surface area contributed by atoms with E-state index in [2.05, 4.69) is 25.5 Å². The van der Waals surface area contributed by atoms with Crippen LogP contribution in [0.25, 0.3) is 5.65 Å². The van der Waals surface area contributed by atoms with Gasteiger partial charge in [0, 0.05) is 31.2 Å². The molecule has 1 N–H and O–H groups in total. The highest BCUT2D eigenvalue weighted by molar-refractivity contribution is 5.62. The molecule has 0 fully saturated rings. The Hall–Kier alpha value is -2.70. The standard InChI is InChI=1S/C13H14N6O/c1-9-17-18-13-12(15-5-6-19(9)13)16-8-10-3-4-14-11(7-10)20-2/h3-7H,8H2,1-2H3,(H,15,16). The third kappa shape index (κ3) is 2.25. The predicted molar refractivity (Wildman–Crippen MR) is 73.6 cm³/mol. The number of hydrogen-bond donors (Lipinski definition) is 1. The number of hydrogen-bond acceptors (Lipinski definition) is 6. The molecule has 0 saturated heterocycles. The summed E-state index contributed by atoms with van der Waals surface area (Å²) in [7, 11) is 1.60. The number of aryl methyl sites for hydroxylation is 1. The lowest BCUT2D eigenvalue weighted by Crippen LogP contribution is -2.04. The first kappa shape index (κ1) is 12.3. The van der Waals surface area contributed by atoms with Crippen LogP contribution in [-0.2, 0) is 6.54 Å². The lowest BCUT2D eigenvalue weighted by molar-refractivity contribution is 0.397. The summed E-state index contributed by atoms with van der Waals surface area (Å²) in [5.41, 5.74) is 1.77. The number of pyridine rings is 1. The van der Waals surface area contributed by atoms with Crippen molar-refractivity contribution < 1.29 is 4.74 Å². The first-order valence-corrected chi connectivity index (χ1v) is 6.17. The highest BCUT2D eigenvalue weighted by atomic mass is 16.5. The van der Waals surface area contributed by atoms with E-state index in [-0.39, 0.29) is 0 Å². The summed E-state index contributed by atoms with van der Waals surface area (Å²) in [6, 6.07) is 3.80. The van der Waals surface area contributed by atoms with Gasteiger partial charge in [0.2, 0.25) is 11.5 Å². The lowest BCUT2D eigenvalue weighted by Gasteiger charge is -2.07. The van der Waals surface area contributed by atoms with E-state index >= 15 is 0 Å².